The van der Waals surface area contributed by atoms with Gasteiger partial charge in [0.1, 0.15) is 0 Å². The molecule has 3 aromatic rings. The number of nitrogens with zero attached hydrogens (tertiary/aromatic N) is 2. The van der Waals surface area contributed by atoms with Crippen LogP contribution in [0.25, 0.3) is 11.3 Å². The molecule has 1 saturated carbocycles. The Morgan fingerprint density at radius 3 is 2.33 bits per heavy atom. The molecule has 2 heterocycles. The molecule has 0 amide bonds. The molecule has 1 unspecified atom stereocenters. The van der Waals surface area contributed by atoms with E-state index in [1.807, 2.05) is 51.1 Å². The quantitative estimate of drug-likeness (QED) is 0.351. The van der Waals surface area contributed by atoms with Crippen LogP contribution >= 0.6 is 0 Å². The molecule has 7 heteroatoms. The highest BCUT2D eigenvalue weighted by atomic mass is 32.2. The van der Waals surface area contributed by atoms with Crippen molar-refractivity contribution in [2.45, 2.75) is 84.5 Å². The Labute approximate surface area is 240 Å². The fourth-order valence-corrected chi connectivity index (χ4v) is 7.86. The zero-order valence-corrected chi connectivity index (χ0v) is 25.5. The molecule has 0 spiro atoms. The first-order valence-electron chi connectivity index (χ1n) is 14.7. The molecule has 214 valence electrons. The maximum atomic E-state index is 13.7. The van der Waals surface area contributed by atoms with E-state index in [1.165, 1.54) is 12.8 Å². The van der Waals surface area contributed by atoms with E-state index in [0.717, 1.165) is 53.0 Å². The van der Waals surface area contributed by atoms with Gasteiger partial charge in [-0.15, -0.1) is 0 Å². The number of rotatable bonds is 4. The molecular formula is C33H43N3O3S. The van der Waals surface area contributed by atoms with Gasteiger partial charge < -0.3 is 4.74 Å². The molecule has 6 nitrogen and oxygen atoms in total. The lowest BCUT2D eigenvalue weighted by Gasteiger charge is -2.38. The number of ether oxygens (including phenoxy) is 1. The standard InChI is InChI=1S/C33H43N3O3S/c1-20(2)17-27-19-39-32-24(6)31(29-22(4)9-7-10-23(29)5)34-33(35-32)36-40(37,38)28-12-8-11-26(18-28)30(27)25-15-13-21(3)14-16-25/h7-12,18,20-21,25,27,30H,13-17,19H2,1-6H3,(H,34,35,36)/t21?,25?,27-,30?/m1/s1. The molecule has 1 fully saturated rings. The van der Waals surface area contributed by atoms with Crippen molar-refractivity contribution in [3.05, 3.63) is 64.7 Å². The van der Waals surface area contributed by atoms with E-state index < -0.39 is 10.0 Å². The van der Waals surface area contributed by atoms with Gasteiger partial charge in [0.05, 0.1) is 17.2 Å². The van der Waals surface area contributed by atoms with Crippen molar-refractivity contribution in [1.82, 2.24) is 9.97 Å². The third-order valence-corrected chi connectivity index (χ3v) is 10.2. The second-order valence-corrected chi connectivity index (χ2v) is 14.2. The summed E-state index contributed by atoms with van der Waals surface area (Å²) in [4.78, 5) is 9.62. The highest BCUT2D eigenvalue weighted by Gasteiger charge is 2.35. The van der Waals surface area contributed by atoms with Crippen molar-refractivity contribution in [1.29, 1.82) is 0 Å². The van der Waals surface area contributed by atoms with Crippen molar-refractivity contribution in [2.24, 2.45) is 23.7 Å². The van der Waals surface area contributed by atoms with Crippen LogP contribution in [-0.4, -0.2) is 25.0 Å². The van der Waals surface area contributed by atoms with Crippen molar-refractivity contribution in [3.8, 4) is 17.1 Å². The third kappa shape index (κ3) is 5.90. The molecule has 1 aliphatic carbocycles. The SMILES string of the molecule is Cc1cccc(C)c1-c1nc2nc(c1C)OC[C@@H](CC(C)C)C(C1CCC(C)CC1)c1cccc(c1)S(=O)(=O)N2. The van der Waals surface area contributed by atoms with Crippen molar-refractivity contribution >= 4 is 16.0 Å². The first kappa shape index (κ1) is 28.6. The normalized spacial score (nSPS) is 24.4. The summed E-state index contributed by atoms with van der Waals surface area (Å²) < 4.78 is 36.7. The summed E-state index contributed by atoms with van der Waals surface area (Å²) in [6.07, 6.45) is 5.73. The number of hydrogen-bond acceptors (Lipinski definition) is 5. The van der Waals surface area contributed by atoms with E-state index in [1.54, 1.807) is 6.07 Å². The van der Waals surface area contributed by atoms with Crippen LogP contribution in [0, 0.1) is 44.4 Å². The Bertz CT molecular complexity index is 1460. The minimum atomic E-state index is -3.91. The fourth-order valence-electron chi connectivity index (χ4n) is 6.87. The summed E-state index contributed by atoms with van der Waals surface area (Å²) in [5.74, 6) is 2.62. The zero-order chi connectivity index (χ0) is 28.6. The Balaban J connectivity index is 1.68. The average molecular weight is 562 g/mol. The lowest BCUT2D eigenvalue weighted by molar-refractivity contribution is 0.140. The van der Waals surface area contributed by atoms with Gasteiger partial charge in [0, 0.05) is 17.0 Å². The van der Waals surface area contributed by atoms with E-state index in [4.69, 9.17) is 9.72 Å². The Morgan fingerprint density at radius 1 is 0.975 bits per heavy atom. The topological polar surface area (TPSA) is 81.2 Å². The van der Waals surface area contributed by atoms with Gasteiger partial charge in [-0.1, -0.05) is 63.9 Å². The largest absolute Gasteiger partial charge is 0.477 e. The minimum Gasteiger partial charge on any atom is -0.477 e. The van der Waals surface area contributed by atoms with Crippen LogP contribution in [0.15, 0.2) is 47.4 Å². The molecule has 1 aliphatic heterocycles. The van der Waals surface area contributed by atoms with Crippen LogP contribution in [0.3, 0.4) is 0 Å². The molecule has 2 atom stereocenters. The molecule has 2 aliphatic rings. The van der Waals surface area contributed by atoms with Crippen LogP contribution in [0.4, 0.5) is 5.95 Å². The van der Waals surface area contributed by atoms with Crippen LogP contribution < -0.4 is 9.46 Å². The summed E-state index contributed by atoms with van der Waals surface area (Å²) in [5, 5.41) is 0. The van der Waals surface area contributed by atoms with Crippen LogP contribution in [0.5, 0.6) is 5.88 Å². The first-order chi connectivity index (χ1) is 19.0. The average Bonchev–Trinajstić information content (AvgIpc) is 2.89. The van der Waals surface area contributed by atoms with Gasteiger partial charge in [-0.3, -0.25) is 0 Å². The summed E-state index contributed by atoms with van der Waals surface area (Å²) >= 11 is 0. The molecule has 0 radical (unpaired) electrons. The minimum absolute atomic E-state index is 0.0301. The number of aryl methyl sites for hydroxylation is 2. The highest BCUT2D eigenvalue weighted by molar-refractivity contribution is 7.92. The molecule has 4 bridgehead atoms. The second kappa shape index (κ2) is 11.5. The molecule has 2 aromatic carbocycles. The smallest absolute Gasteiger partial charge is 0.264 e. The Hall–Kier alpha value is -2.93. The third-order valence-electron chi connectivity index (χ3n) is 8.88. The summed E-state index contributed by atoms with van der Waals surface area (Å²) in [7, 11) is -3.91. The van der Waals surface area contributed by atoms with Gasteiger partial charge in [-0.25, -0.2) is 18.1 Å². The molecular weight excluding hydrogens is 518 g/mol. The van der Waals surface area contributed by atoms with Gasteiger partial charge in [0.25, 0.3) is 10.0 Å². The molecule has 1 N–H and O–H groups in total. The number of aromatic nitrogens is 2. The molecule has 1 aromatic heterocycles. The van der Waals surface area contributed by atoms with E-state index in [2.05, 4.69) is 36.5 Å². The zero-order valence-electron chi connectivity index (χ0n) is 24.7. The van der Waals surface area contributed by atoms with E-state index in [9.17, 15) is 8.42 Å². The summed E-state index contributed by atoms with van der Waals surface area (Å²) in [6, 6.07) is 13.7. The van der Waals surface area contributed by atoms with Crippen LogP contribution in [-0.2, 0) is 10.0 Å². The number of fused-ring (bicyclic) bond motifs is 4. The Morgan fingerprint density at radius 2 is 1.65 bits per heavy atom. The van der Waals surface area contributed by atoms with E-state index in [0.29, 0.717) is 30.0 Å². The van der Waals surface area contributed by atoms with Crippen LogP contribution in [0.2, 0.25) is 0 Å². The predicted molar refractivity (Wildman–Crippen MR) is 161 cm³/mol. The van der Waals surface area contributed by atoms with Crippen molar-refractivity contribution in [3.63, 3.8) is 0 Å². The number of nitrogens with one attached hydrogen (secondary N) is 1. The number of hydrogen-bond donors (Lipinski definition) is 1. The maximum Gasteiger partial charge on any atom is 0.264 e. The van der Waals surface area contributed by atoms with Gasteiger partial charge in [0.2, 0.25) is 11.8 Å². The maximum absolute atomic E-state index is 13.7. The second-order valence-electron chi connectivity index (χ2n) is 12.5. The van der Waals surface area contributed by atoms with Gasteiger partial charge in [-0.2, -0.15) is 4.98 Å². The lowest BCUT2D eigenvalue weighted by atomic mass is 9.68. The monoisotopic (exact) mass is 561 g/mol. The molecule has 40 heavy (non-hydrogen) atoms. The lowest BCUT2D eigenvalue weighted by Crippen LogP contribution is -2.31. The fraction of sp³-hybridized carbons (Fsp3) is 0.515. The van der Waals surface area contributed by atoms with E-state index >= 15 is 0 Å². The molecule has 0 saturated heterocycles. The highest BCUT2D eigenvalue weighted by Crippen LogP contribution is 2.45. The number of sulfonamides is 1. The number of benzene rings is 2. The number of anilines is 1. The summed E-state index contributed by atoms with van der Waals surface area (Å²) in [5.41, 5.74) is 5.73. The Kier molecular flexibility index (Phi) is 8.23. The van der Waals surface area contributed by atoms with Gasteiger partial charge in [0.15, 0.2) is 0 Å². The van der Waals surface area contributed by atoms with Gasteiger partial charge >= 0.3 is 0 Å². The van der Waals surface area contributed by atoms with Crippen molar-refractivity contribution < 1.29 is 13.2 Å². The first-order valence-corrected chi connectivity index (χ1v) is 16.2. The van der Waals surface area contributed by atoms with Crippen molar-refractivity contribution in [2.75, 3.05) is 11.3 Å². The van der Waals surface area contributed by atoms with Gasteiger partial charge in [-0.05, 0) is 92.5 Å². The summed E-state index contributed by atoms with van der Waals surface area (Å²) in [6.45, 7) is 13.4. The van der Waals surface area contributed by atoms with E-state index in [-0.39, 0.29) is 22.7 Å². The predicted octanol–water partition coefficient (Wildman–Crippen LogP) is 7.83. The van der Waals surface area contributed by atoms with Crippen LogP contribution in [0.1, 0.15) is 81.0 Å². The molecule has 5 rings (SSSR count).